The molecule has 0 spiro atoms. The fourth-order valence-corrected chi connectivity index (χ4v) is 4.89. The van der Waals surface area contributed by atoms with Crippen molar-refractivity contribution < 1.29 is 14.3 Å². The lowest BCUT2D eigenvalue weighted by Gasteiger charge is -2.26. The van der Waals surface area contributed by atoms with Crippen molar-refractivity contribution >= 4 is 50.9 Å². The number of amides is 1. The van der Waals surface area contributed by atoms with E-state index in [4.69, 9.17) is 21.1 Å². The molecule has 1 aliphatic heterocycles. The number of nitrogens with zero attached hydrogens (tertiary/aromatic N) is 1. The lowest BCUT2D eigenvalue weighted by atomic mass is 10.1. The van der Waals surface area contributed by atoms with Gasteiger partial charge in [-0.2, -0.15) is 0 Å². The van der Waals surface area contributed by atoms with Crippen molar-refractivity contribution in [1.29, 1.82) is 0 Å². The Bertz CT molecular complexity index is 816. The summed E-state index contributed by atoms with van der Waals surface area (Å²) < 4.78 is 12.5. The Morgan fingerprint density at radius 1 is 1.19 bits per heavy atom. The van der Waals surface area contributed by atoms with E-state index >= 15 is 0 Å². The fraction of sp³-hybridized carbons (Fsp3) is 0.350. The Labute approximate surface area is 177 Å². The van der Waals surface area contributed by atoms with E-state index < -0.39 is 0 Å². The number of carbonyl (C=O) groups is 1. The summed E-state index contributed by atoms with van der Waals surface area (Å²) in [6.45, 7) is 5.17. The topological polar surface area (TPSA) is 38.8 Å². The van der Waals surface area contributed by atoms with Crippen LogP contribution in [0.4, 0.5) is 5.69 Å². The molecule has 1 saturated heterocycles. The van der Waals surface area contributed by atoms with Crippen molar-refractivity contribution in [3.8, 4) is 11.5 Å². The van der Waals surface area contributed by atoms with Crippen molar-refractivity contribution in [2.24, 2.45) is 0 Å². The second-order valence-electron chi connectivity index (χ2n) is 6.01. The highest BCUT2D eigenvalue weighted by molar-refractivity contribution is 9.10. The van der Waals surface area contributed by atoms with Crippen molar-refractivity contribution in [3.05, 3.63) is 51.5 Å². The first-order valence-corrected chi connectivity index (χ1v) is 11.0. The highest BCUT2D eigenvalue weighted by Crippen LogP contribution is 2.47. The maximum absolute atomic E-state index is 12.6. The lowest BCUT2D eigenvalue weighted by molar-refractivity contribution is -0.115. The van der Waals surface area contributed by atoms with Gasteiger partial charge in [-0.3, -0.25) is 9.69 Å². The predicted molar refractivity (Wildman–Crippen MR) is 115 cm³/mol. The van der Waals surface area contributed by atoms with E-state index in [2.05, 4.69) is 22.9 Å². The first kappa shape index (κ1) is 20.4. The molecule has 2 aromatic carbocycles. The lowest BCUT2D eigenvalue weighted by Crippen LogP contribution is -2.28. The average molecular weight is 471 g/mol. The predicted octanol–water partition coefficient (Wildman–Crippen LogP) is 6.07. The molecule has 1 fully saturated rings. The minimum absolute atomic E-state index is 0.0727. The highest BCUT2D eigenvalue weighted by Gasteiger charge is 2.35. The maximum atomic E-state index is 12.6. The van der Waals surface area contributed by atoms with Crippen LogP contribution in [0.2, 0.25) is 5.02 Å². The SMILES string of the molecule is CCCOc1cc(Br)c([C@H]2SCC(=O)N2c2ccc(Cl)cc2)cc1OCC. The van der Waals surface area contributed by atoms with Gasteiger partial charge in [-0.15, -0.1) is 11.8 Å². The summed E-state index contributed by atoms with van der Waals surface area (Å²) in [5.74, 6) is 1.91. The van der Waals surface area contributed by atoms with Crippen LogP contribution in [0.3, 0.4) is 0 Å². The summed E-state index contributed by atoms with van der Waals surface area (Å²) >= 11 is 11.3. The third-order valence-electron chi connectivity index (χ3n) is 4.06. The fourth-order valence-electron chi connectivity index (χ4n) is 2.87. The number of benzene rings is 2. The Kier molecular flexibility index (Phi) is 6.95. The number of ether oxygens (including phenoxy) is 2. The van der Waals surface area contributed by atoms with E-state index in [0.29, 0.717) is 35.5 Å². The molecule has 0 N–H and O–H groups in total. The van der Waals surface area contributed by atoms with Gasteiger partial charge < -0.3 is 9.47 Å². The van der Waals surface area contributed by atoms with Crippen molar-refractivity contribution in [3.63, 3.8) is 0 Å². The molecular weight excluding hydrogens is 450 g/mol. The number of carbonyl (C=O) groups excluding carboxylic acids is 1. The Hall–Kier alpha value is -1.37. The van der Waals surface area contributed by atoms with E-state index in [1.54, 1.807) is 23.9 Å². The van der Waals surface area contributed by atoms with Gasteiger partial charge in [0.2, 0.25) is 5.91 Å². The van der Waals surface area contributed by atoms with Crippen LogP contribution in [0.5, 0.6) is 11.5 Å². The minimum atomic E-state index is -0.146. The average Bonchev–Trinajstić information content (AvgIpc) is 3.03. The van der Waals surface area contributed by atoms with Gasteiger partial charge in [-0.1, -0.05) is 34.5 Å². The maximum Gasteiger partial charge on any atom is 0.238 e. The number of rotatable bonds is 7. The van der Waals surface area contributed by atoms with Crippen LogP contribution in [-0.4, -0.2) is 24.9 Å². The number of anilines is 1. The highest BCUT2D eigenvalue weighted by atomic mass is 79.9. The number of hydrogen-bond donors (Lipinski definition) is 0. The summed E-state index contributed by atoms with van der Waals surface area (Å²) in [4.78, 5) is 14.4. The molecule has 4 nitrogen and oxygen atoms in total. The molecule has 7 heteroatoms. The zero-order valence-corrected chi connectivity index (χ0v) is 18.4. The quantitative estimate of drug-likeness (QED) is 0.492. The van der Waals surface area contributed by atoms with Crippen LogP contribution in [0.1, 0.15) is 31.2 Å². The summed E-state index contributed by atoms with van der Waals surface area (Å²) in [5, 5.41) is 0.499. The number of halogens is 2. The third-order valence-corrected chi connectivity index (χ3v) is 6.20. The molecule has 0 unspecified atom stereocenters. The second-order valence-corrected chi connectivity index (χ2v) is 8.36. The summed E-state index contributed by atoms with van der Waals surface area (Å²) in [5.41, 5.74) is 1.81. The number of hydrogen-bond acceptors (Lipinski definition) is 4. The van der Waals surface area contributed by atoms with Crippen molar-refractivity contribution in [2.45, 2.75) is 25.6 Å². The van der Waals surface area contributed by atoms with Gasteiger partial charge in [-0.25, -0.2) is 0 Å². The van der Waals surface area contributed by atoms with E-state index in [-0.39, 0.29) is 11.3 Å². The van der Waals surface area contributed by atoms with Crippen LogP contribution in [0.25, 0.3) is 0 Å². The zero-order valence-electron chi connectivity index (χ0n) is 15.2. The molecule has 0 radical (unpaired) electrons. The normalized spacial score (nSPS) is 16.7. The summed E-state index contributed by atoms with van der Waals surface area (Å²) in [7, 11) is 0. The molecule has 0 bridgehead atoms. The van der Waals surface area contributed by atoms with Gasteiger partial charge in [0.15, 0.2) is 11.5 Å². The van der Waals surface area contributed by atoms with Crippen LogP contribution >= 0.6 is 39.3 Å². The standard InChI is InChI=1S/C20H21BrClNO3S/c1-3-9-26-18-11-16(21)15(10-17(18)25-4-2)20-23(19(24)12-27-20)14-7-5-13(22)6-8-14/h5-8,10-11,20H,3-4,9,12H2,1-2H3/t20-/m1/s1. The Balaban J connectivity index is 1.99. The molecule has 2 aromatic rings. The van der Waals surface area contributed by atoms with Gasteiger partial charge in [0.25, 0.3) is 0 Å². The monoisotopic (exact) mass is 469 g/mol. The summed E-state index contributed by atoms with van der Waals surface area (Å²) in [6.07, 6.45) is 0.919. The van der Waals surface area contributed by atoms with Crippen LogP contribution in [0.15, 0.2) is 40.9 Å². The van der Waals surface area contributed by atoms with Gasteiger partial charge in [0.05, 0.1) is 19.0 Å². The molecule has 0 aliphatic carbocycles. The van der Waals surface area contributed by atoms with Gasteiger partial charge in [-0.05, 0) is 49.7 Å². The Morgan fingerprint density at radius 2 is 1.89 bits per heavy atom. The number of thioether (sulfide) groups is 1. The molecule has 27 heavy (non-hydrogen) atoms. The third kappa shape index (κ3) is 4.55. The van der Waals surface area contributed by atoms with Gasteiger partial charge in [0, 0.05) is 20.7 Å². The zero-order chi connectivity index (χ0) is 19.4. The Morgan fingerprint density at radius 3 is 2.56 bits per heavy atom. The van der Waals surface area contributed by atoms with Gasteiger partial charge >= 0.3 is 0 Å². The van der Waals surface area contributed by atoms with E-state index in [1.165, 1.54) is 0 Å². The first-order valence-electron chi connectivity index (χ1n) is 8.83. The van der Waals surface area contributed by atoms with E-state index in [9.17, 15) is 4.79 Å². The van der Waals surface area contributed by atoms with Crippen molar-refractivity contribution in [2.75, 3.05) is 23.9 Å². The molecule has 0 saturated carbocycles. The molecule has 1 heterocycles. The largest absolute Gasteiger partial charge is 0.490 e. The van der Waals surface area contributed by atoms with E-state index in [0.717, 1.165) is 22.1 Å². The van der Waals surface area contributed by atoms with Gasteiger partial charge in [0.1, 0.15) is 5.37 Å². The molecule has 1 aliphatic rings. The molecule has 0 aromatic heterocycles. The molecule has 3 rings (SSSR count). The second kappa shape index (κ2) is 9.22. The van der Waals surface area contributed by atoms with Crippen LogP contribution in [-0.2, 0) is 4.79 Å². The molecule has 1 amide bonds. The van der Waals surface area contributed by atoms with Crippen LogP contribution in [0, 0.1) is 0 Å². The molecule has 1 atom stereocenters. The first-order chi connectivity index (χ1) is 13.0. The molecule has 144 valence electrons. The molecular formula is C20H21BrClNO3S. The summed E-state index contributed by atoms with van der Waals surface area (Å²) in [6, 6.07) is 11.2. The van der Waals surface area contributed by atoms with Crippen LogP contribution < -0.4 is 14.4 Å². The minimum Gasteiger partial charge on any atom is -0.490 e. The van der Waals surface area contributed by atoms with Crippen molar-refractivity contribution in [1.82, 2.24) is 0 Å². The van der Waals surface area contributed by atoms with E-state index in [1.807, 2.05) is 36.1 Å². The smallest absolute Gasteiger partial charge is 0.238 e.